The molecule has 2 atom stereocenters. The van der Waals surface area contributed by atoms with Crippen molar-refractivity contribution in [2.75, 3.05) is 6.54 Å². The number of hydrogen-bond donors (Lipinski definition) is 2. The van der Waals surface area contributed by atoms with E-state index in [9.17, 15) is 13.5 Å². The number of thiophene rings is 1. The quantitative estimate of drug-likeness (QED) is 0.887. The predicted molar refractivity (Wildman–Crippen MR) is 81.8 cm³/mol. The second kappa shape index (κ2) is 5.93. The molecule has 0 aliphatic heterocycles. The lowest BCUT2D eigenvalue weighted by Gasteiger charge is -2.35. The minimum atomic E-state index is -3.59. The van der Waals surface area contributed by atoms with Gasteiger partial charge < -0.3 is 5.11 Å². The average Bonchev–Trinajstić information content (AvgIpc) is 2.68. The summed E-state index contributed by atoms with van der Waals surface area (Å²) < 4.78 is 27.6. The molecule has 0 aromatic carbocycles. The van der Waals surface area contributed by atoms with Crippen LogP contribution in [0.2, 0.25) is 4.34 Å². The van der Waals surface area contributed by atoms with E-state index < -0.39 is 15.6 Å². The first-order valence-corrected chi connectivity index (χ1v) is 9.38. The Morgan fingerprint density at radius 1 is 1.60 bits per heavy atom. The van der Waals surface area contributed by atoms with Crippen LogP contribution in [-0.2, 0) is 10.0 Å². The lowest BCUT2D eigenvalue weighted by Crippen LogP contribution is -2.45. The molecule has 1 aliphatic rings. The maximum absolute atomic E-state index is 12.2. The summed E-state index contributed by atoms with van der Waals surface area (Å²) in [4.78, 5) is 0. The predicted octanol–water partition coefficient (Wildman–Crippen LogP) is 2.93. The third-order valence-electron chi connectivity index (χ3n) is 3.76. The Hall–Kier alpha value is -0.140. The van der Waals surface area contributed by atoms with Gasteiger partial charge >= 0.3 is 0 Å². The zero-order valence-corrected chi connectivity index (χ0v) is 14.0. The fraction of sp³-hybridized carbons (Fsp3) is 0.692. The van der Waals surface area contributed by atoms with Crippen LogP contribution in [0, 0.1) is 12.8 Å². The molecule has 0 bridgehead atoms. The molecular formula is C13H20ClNO3S2. The molecule has 2 N–H and O–H groups in total. The minimum Gasteiger partial charge on any atom is -0.389 e. The van der Waals surface area contributed by atoms with Crippen molar-refractivity contribution in [2.45, 2.75) is 49.3 Å². The molecule has 1 heterocycles. The molecule has 0 spiro atoms. The normalized spacial score (nSPS) is 27.7. The van der Waals surface area contributed by atoms with Gasteiger partial charge in [0.1, 0.15) is 4.21 Å². The highest BCUT2D eigenvalue weighted by Gasteiger charge is 2.34. The van der Waals surface area contributed by atoms with Crippen molar-refractivity contribution in [1.29, 1.82) is 0 Å². The zero-order chi connectivity index (χ0) is 15.0. The lowest BCUT2D eigenvalue weighted by molar-refractivity contribution is -0.00750. The summed E-state index contributed by atoms with van der Waals surface area (Å²) in [5.41, 5.74) is -0.178. The van der Waals surface area contributed by atoms with Crippen LogP contribution < -0.4 is 4.72 Å². The average molecular weight is 338 g/mol. The van der Waals surface area contributed by atoms with Crippen molar-refractivity contribution < 1.29 is 13.5 Å². The summed E-state index contributed by atoms with van der Waals surface area (Å²) in [6, 6.07) is 1.56. The highest BCUT2D eigenvalue weighted by molar-refractivity contribution is 7.91. The summed E-state index contributed by atoms with van der Waals surface area (Å²) in [5.74, 6) is 0.427. The van der Waals surface area contributed by atoms with Gasteiger partial charge in [-0.05, 0) is 37.3 Å². The van der Waals surface area contributed by atoms with Crippen molar-refractivity contribution in [2.24, 2.45) is 5.92 Å². The van der Waals surface area contributed by atoms with E-state index in [4.69, 9.17) is 11.6 Å². The maximum Gasteiger partial charge on any atom is 0.250 e. The molecule has 2 rings (SSSR count). The van der Waals surface area contributed by atoms with E-state index in [0.29, 0.717) is 23.1 Å². The lowest BCUT2D eigenvalue weighted by atomic mass is 9.79. The monoisotopic (exact) mass is 337 g/mol. The molecule has 4 nitrogen and oxygen atoms in total. The van der Waals surface area contributed by atoms with E-state index in [2.05, 4.69) is 11.6 Å². The summed E-state index contributed by atoms with van der Waals surface area (Å²) in [6.07, 6.45) is 3.31. The molecule has 114 valence electrons. The third-order valence-corrected chi connectivity index (χ3v) is 7.19. The Bertz CT molecular complexity index is 565. The van der Waals surface area contributed by atoms with E-state index in [1.807, 2.05) is 0 Å². The van der Waals surface area contributed by atoms with Crippen LogP contribution in [0.25, 0.3) is 0 Å². The van der Waals surface area contributed by atoms with Gasteiger partial charge in [-0.3, -0.25) is 0 Å². The van der Waals surface area contributed by atoms with Gasteiger partial charge in [-0.25, -0.2) is 13.1 Å². The highest BCUT2D eigenvalue weighted by atomic mass is 35.5. The maximum atomic E-state index is 12.2. The van der Waals surface area contributed by atoms with Gasteiger partial charge in [0.15, 0.2) is 0 Å². The highest BCUT2D eigenvalue weighted by Crippen LogP contribution is 2.33. The zero-order valence-electron chi connectivity index (χ0n) is 11.6. The Balaban J connectivity index is 2.05. The van der Waals surface area contributed by atoms with E-state index in [-0.39, 0.29) is 10.8 Å². The number of aryl methyl sites for hydroxylation is 1. The number of aliphatic hydroxyl groups is 1. The Morgan fingerprint density at radius 2 is 2.30 bits per heavy atom. The molecule has 1 aromatic heterocycles. The molecule has 0 amide bonds. The van der Waals surface area contributed by atoms with Crippen molar-refractivity contribution in [3.8, 4) is 0 Å². The van der Waals surface area contributed by atoms with Crippen LogP contribution >= 0.6 is 22.9 Å². The summed E-state index contributed by atoms with van der Waals surface area (Å²) >= 11 is 6.95. The largest absolute Gasteiger partial charge is 0.389 e. The molecule has 0 radical (unpaired) electrons. The van der Waals surface area contributed by atoms with E-state index in [0.717, 1.165) is 29.7 Å². The molecule has 1 fully saturated rings. The molecule has 1 saturated carbocycles. The van der Waals surface area contributed by atoms with Crippen LogP contribution in [0.1, 0.15) is 38.2 Å². The smallest absolute Gasteiger partial charge is 0.250 e. The fourth-order valence-electron chi connectivity index (χ4n) is 2.66. The first kappa shape index (κ1) is 16.2. The van der Waals surface area contributed by atoms with Gasteiger partial charge in [0.05, 0.1) is 9.94 Å². The number of hydrogen-bond acceptors (Lipinski definition) is 4. The minimum absolute atomic E-state index is 0.0637. The van der Waals surface area contributed by atoms with Gasteiger partial charge in [0, 0.05) is 6.54 Å². The number of halogens is 1. The van der Waals surface area contributed by atoms with Crippen LogP contribution in [0.5, 0.6) is 0 Å². The second-order valence-electron chi connectivity index (χ2n) is 5.77. The fourth-order valence-corrected chi connectivity index (χ4v) is 5.53. The summed E-state index contributed by atoms with van der Waals surface area (Å²) in [6.45, 7) is 3.92. The van der Waals surface area contributed by atoms with Crippen molar-refractivity contribution in [3.05, 3.63) is 16.0 Å². The van der Waals surface area contributed by atoms with Crippen molar-refractivity contribution >= 4 is 33.0 Å². The van der Waals surface area contributed by atoms with Gasteiger partial charge in [0.25, 0.3) is 0 Å². The number of nitrogens with one attached hydrogen (secondary N) is 1. The molecular weight excluding hydrogens is 318 g/mol. The summed E-state index contributed by atoms with van der Waals surface area (Å²) in [5, 5.41) is 10.5. The molecule has 1 aliphatic carbocycles. The van der Waals surface area contributed by atoms with Gasteiger partial charge in [0.2, 0.25) is 10.0 Å². The molecule has 0 saturated heterocycles. The van der Waals surface area contributed by atoms with Crippen molar-refractivity contribution in [1.82, 2.24) is 4.72 Å². The van der Waals surface area contributed by atoms with Crippen LogP contribution in [0.4, 0.5) is 0 Å². The van der Waals surface area contributed by atoms with E-state index >= 15 is 0 Å². The third kappa shape index (κ3) is 3.74. The standard InChI is InChI=1S/C13H20ClNO3S2/c1-9-4-3-5-13(16,7-9)8-15-20(17,18)11-6-10(2)12(14)19-11/h6,9,15-16H,3-5,7-8H2,1-2H3. The first-order valence-electron chi connectivity index (χ1n) is 6.70. The topological polar surface area (TPSA) is 66.4 Å². The Kier molecular flexibility index (Phi) is 4.81. The van der Waals surface area contributed by atoms with E-state index in [1.54, 1.807) is 13.0 Å². The second-order valence-corrected chi connectivity index (χ2v) is 9.42. The SMILES string of the molecule is Cc1cc(S(=O)(=O)NCC2(O)CCCC(C)C2)sc1Cl. The van der Waals surface area contributed by atoms with Crippen LogP contribution in [-0.4, -0.2) is 25.7 Å². The Morgan fingerprint density at radius 3 is 2.85 bits per heavy atom. The van der Waals surface area contributed by atoms with Gasteiger partial charge in [-0.1, -0.05) is 31.4 Å². The molecule has 1 aromatic rings. The summed E-state index contributed by atoms with van der Waals surface area (Å²) in [7, 11) is -3.59. The number of rotatable bonds is 4. The molecule has 2 unspecified atom stereocenters. The van der Waals surface area contributed by atoms with Crippen molar-refractivity contribution in [3.63, 3.8) is 0 Å². The van der Waals surface area contributed by atoms with Gasteiger partial charge in [-0.15, -0.1) is 11.3 Å². The molecule has 7 heteroatoms. The first-order chi connectivity index (χ1) is 9.22. The molecule has 20 heavy (non-hydrogen) atoms. The van der Waals surface area contributed by atoms with Crippen LogP contribution in [0.15, 0.2) is 10.3 Å². The van der Waals surface area contributed by atoms with E-state index in [1.165, 1.54) is 0 Å². The van der Waals surface area contributed by atoms with Gasteiger partial charge in [-0.2, -0.15) is 0 Å². The number of sulfonamides is 1. The Labute approximate surface area is 129 Å². The van der Waals surface area contributed by atoms with Crippen LogP contribution in [0.3, 0.4) is 0 Å².